The number of aliphatic carboxylic acids is 1. The number of pyridine rings is 1. The van der Waals surface area contributed by atoms with Gasteiger partial charge in [-0.15, -0.1) is 0 Å². The number of nitrogens with zero attached hydrogens (tertiary/aromatic N) is 5. The number of ether oxygens (including phenoxy) is 1. The third-order valence-electron chi connectivity index (χ3n) is 8.24. The zero-order chi connectivity index (χ0) is 30.5. The van der Waals surface area contributed by atoms with E-state index in [1.165, 1.54) is 10.5 Å². The number of hydrogen-bond donors (Lipinski definition) is 2. The third-order valence-corrected chi connectivity index (χ3v) is 8.24. The summed E-state index contributed by atoms with van der Waals surface area (Å²) < 4.78 is 6.13. The molecule has 0 aliphatic carbocycles. The molecule has 1 aromatic heterocycles. The highest BCUT2D eigenvalue weighted by Crippen LogP contribution is 2.33. The fourth-order valence-electron chi connectivity index (χ4n) is 5.70. The lowest BCUT2D eigenvalue weighted by molar-refractivity contribution is -0.137. The molecule has 1 fully saturated rings. The van der Waals surface area contributed by atoms with Crippen LogP contribution in [0.5, 0.6) is 5.75 Å². The maximum absolute atomic E-state index is 13.1. The molecule has 5 rings (SSSR count). The first-order valence-electron chi connectivity index (χ1n) is 14.3. The summed E-state index contributed by atoms with van der Waals surface area (Å²) in [7, 11) is 0. The number of nitriles is 1. The lowest BCUT2D eigenvalue weighted by atomic mass is 10.0. The molecule has 11 heteroatoms. The van der Waals surface area contributed by atoms with Crippen LogP contribution in [0.4, 0.5) is 5.69 Å². The molecular formula is C32H34N6O5. The van der Waals surface area contributed by atoms with Gasteiger partial charge in [0.25, 0.3) is 5.91 Å². The molecule has 0 bridgehead atoms. The van der Waals surface area contributed by atoms with Crippen LogP contribution in [0, 0.1) is 11.3 Å². The van der Waals surface area contributed by atoms with E-state index in [1.54, 1.807) is 30.5 Å². The second-order valence-electron chi connectivity index (χ2n) is 10.8. The third kappa shape index (κ3) is 6.60. The fourth-order valence-corrected chi connectivity index (χ4v) is 5.70. The lowest BCUT2D eigenvalue weighted by Gasteiger charge is -2.39. The SMILES string of the molecule is C[C@H](c1ccc(COc2cccc3c2CN(C(CCC(=O)O)C(N)=O)C3=O)cc1)N1CCN(c2ccc(C#N)nc2)CC1. The van der Waals surface area contributed by atoms with Gasteiger partial charge in [-0.25, -0.2) is 4.98 Å². The van der Waals surface area contributed by atoms with Gasteiger partial charge in [-0.1, -0.05) is 30.3 Å². The second-order valence-corrected chi connectivity index (χ2v) is 10.8. The fraction of sp³-hybridized carbons (Fsp3) is 0.344. The molecule has 0 radical (unpaired) electrons. The zero-order valence-corrected chi connectivity index (χ0v) is 24.0. The van der Waals surface area contributed by atoms with Gasteiger partial charge in [-0.2, -0.15) is 5.26 Å². The van der Waals surface area contributed by atoms with Crippen molar-refractivity contribution in [2.45, 2.75) is 45.0 Å². The Balaban J connectivity index is 1.17. The van der Waals surface area contributed by atoms with Crippen LogP contribution in [0.1, 0.15) is 58.5 Å². The number of carbonyl (C=O) groups excluding carboxylic acids is 2. The van der Waals surface area contributed by atoms with Crippen molar-refractivity contribution in [3.05, 3.63) is 88.7 Å². The molecule has 2 aromatic carbocycles. The minimum Gasteiger partial charge on any atom is -0.489 e. The molecule has 3 N–H and O–H groups in total. The number of carboxylic acids is 1. The van der Waals surface area contributed by atoms with E-state index in [0.29, 0.717) is 29.2 Å². The minimum atomic E-state index is -1.06. The van der Waals surface area contributed by atoms with Crippen molar-refractivity contribution in [3.63, 3.8) is 0 Å². The number of fused-ring (bicyclic) bond motifs is 1. The number of carboxylic acid groups (broad SMARTS) is 1. The van der Waals surface area contributed by atoms with Crippen LogP contribution in [0.25, 0.3) is 0 Å². The summed E-state index contributed by atoms with van der Waals surface area (Å²) in [6, 6.07) is 18.5. The molecule has 43 heavy (non-hydrogen) atoms. The number of hydrogen-bond acceptors (Lipinski definition) is 8. The van der Waals surface area contributed by atoms with Crippen molar-refractivity contribution >= 4 is 23.5 Å². The highest BCUT2D eigenvalue weighted by molar-refractivity contribution is 6.01. The Morgan fingerprint density at radius 3 is 2.47 bits per heavy atom. The molecular weight excluding hydrogens is 548 g/mol. The first-order chi connectivity index (χ1) is 20.7. The number of primary amides is 1. The van der Waals surface area contributed by atoms with Crippen LogP contribution >= 0.6 is 0 Å². The molecule has 1 unspecified atom stereocenters. The van der Waals surface area contributed by atoms with E-state index in [4.69, 9.17) is 20.8 Å². The number of anilines is 1. The number of benzene rings is 2. The first kappa shape index (κ1) is 29.5. The van der Waals surface area contributed by atoms with Crippen molar-refractivity contribution in [2.24, 2.45) is 5.73 Å². The minimum absolute atomic E-state index is 0.0460. The van der Waals surface area contributed by atoms with Gasteiger partial charge in [0.1, 0.15) is 30.2 Å². The molecule has 3 aromatic rings. The van der Waals surface area contributed by atoms with Gasteiger partial charge in [0.05, 0.1) is 18.4 Å². The normalized spacial score (nSPS) is 16.3. The Morgan fingerprint density at radius 1 is 1.09 bits per heavy atom. The number of aromatic nitrogens is 1. The number of piperazine rings is 1. The molecule has 1 saturated heterocycles. The Kier molecular flexibility index (Phi) is 8.87. The van der Waals surface area contributed by atoms with Crippen LogP contribution in [0.2, 0.25) is 0 Å². The molecule has 2 aliphatic rings. The summed E-state index contributed by atoms with van der Waals surface area (Å²) >= 11 is 0. The molecule has 0 saturated carbocycles. The smallest absolute Gasteiger partial charge is 0.303 e. The molecule has 11 nitrogen and oxygen atoms in total. The van der Waals surface area contributed by atoms with E-state index in [0.717, 1.165) is 37.4 Å². The monoisotopic (exact) mass is 582 g/mol. The molecule has 2 atom stereocenters. The summed E-state index contributed by atoms with van der Waals surface area (Å²) in [4.78, 5) is 46.4. The maximum Gasteiger partial charge on any atom is 0.303 e. The largest absolute Gasteiger partial charge is 0.489 e. The van der Waals surface area contributed by atoms with Gasteiger partial charge >= 0.3 is 5.97 Å². The average molecular weight is 583 g/mol. The quantitative estimate of drug-likeness (QED) is 0.347. The van der Waals surface area contributed by atoms with Gasteiger partial charge in [0, 0.05) is 49.8 Å². The summed E-state index contributed by atoms with van der Waals surface area (Å²) in [6.45, 7) is 6.21. The summed E-state index contributed by atoms with van der Waals surface area (Å²) in [5.74, 6) is -1.60. The van der Waals surface area contributed by atoms with Gasteiger partial charge in [-0.3, -0.25) is 19.3 Å². The molecule has 2 amide bonds. The molecule has 222 valence electrons. The lowest BCUT2D eigenvalue weighted by Crippen LogP contribution is -2.47. The average Bonchev–Trinajstić information content (AvgIpc) is 3.36. The van der Waals surface area contributed by atoms with E-state index in [1.807, 2.05) is 18.2 Å². The standard InChI is InChI=1S/C32H34N6O5/c1-21(36-13-15-37(16-14-36)25-10-9-24(17-33)35-18-25)23-7-5-22(6-8-23)20-43-29-4-2-3-26-27(29)19-38(32(26)42)28(31(34)41)11-12-30(39)40/h2-10,18,21,28H,11-16,19-20H2,1H3,(H2,34,41)(H,39,40)/t21-,28?/m1/s1. The van der Waals surface area contributed by atoms with Crippen LogP contribution in [0.15, 0.2) is 60.8 Å². The Hall–Kier alpha value is -4.95. The number of amides is 2. The maximum atomic E-state index is 13.1. The Morgan fingerprint density at radius 2 is 1.84 bits per heavy atom. The van der Waals surface area contributed by atoms with Crippen LogP contribution in [-0.4, -0.2) is 69.9 Å². The zero-order valence-electron chi connectivity index (χ0n) is 24.0. The summed E-state index contributed by atoms with van der Waals surface area (Å²) in [5.41, 5.74) is 10.2. The number of rotatable bonds is 11. The Bertz CT molecular complexity index is 1530. The van der Waals surface area contributed by atoms with E-state index in [2.05, 4.69) is 39.9 Å². The van der Waals surface area contributed by atoms with Crippen LogP contribution < -0.4 is 15.4 Å². The van der Waals surface area contributed by atoms with Gasteiger partial charge in [0.2, 0.25) is 5.91 Å². The number of nitrogens with two attached hydrogens (primary N) is 1. The summed E-state index contributed by atoms with van der Waals surface area (Å²) in [6.07, 6.45) is 1.45. The molecule has 2 aliphatic heterocycles. The van der Waals surface area contributed by atoms with Crippen molar-refractivity contribution in [1.82, 2.24) is 14.8 Å². The first-order valence-corrected chi connectivity index (χ1v) is 14.3. The van der Waals surface area contributed by atoms with E-state index < -0.39 is 17.9 Å². The van der Waals surface area contributed by atoms with Crippen molar-refractivity contribution < 1.29 is 24.2 Å². The topological polar surface area (TPSA) is 153 Å². The van der Waals surface area contributed by atoms with E-state index >= 15 is 0 Å². The predicted molar refractivity (Wildman–Crippen MR) is 158 cm³/mol. The highest BCUT2D eigenvalue weighted by Gasteiger charge is 2.37. The van der Waals surface area contributed by atoms with Gasteiger partial charge in [0.15, 0.2) is 0 Å². The van der Waals surface area contributed by atoms with Crippen LogP contribution in [0.3, 0.4) is 0 Å². The van der Waals surface area contributed by atoms with E-state index in [9.17, 15) is 14.4 Å². The molecule has 3 heterocycles. The molecule has 0 spiro atoms. The van der Waals surface area contributed by atoms with Crippen molar-refractivity contribution in [1.29, 1.82) is 5.26 Å². The number of carbonyl (C=O) groups is 3. The predicted octanol–water partition coefficient (Wildman–Crippen LogP) is 3.09. The van der Waals surface area contributed by atoms with Gasteiger partial charge in [-0.05, 0) is 48.7 Å². The summed E-state index contributed by atoms with van der Waals surface area (Å²) in [5, 5.41) is 18.0. The van der Waals surface area contributed by atoms with Crippen molar-refractivity contribution in [3.8, 4) is 11.8 Å². The van der Waals surface area contributed by atoms with Crippen molar-refractivity contribution in [2.75, 3.05) is 31.1 Å². The van der Waals surface area contributed by atoms with Gasteiger partial charge < -0.3 is 25.4 Å². The second kappa shape index (κ2) is 12.9. The highest BCUT2D eigenvalue weighted by atomic mass is 16.5. The van der Waals surface area contributed by atoms with E-state index in [-0.39, 0.29) is 31.3 Å². The Labute approximate surface area is 250 Å². The van der Waals surface area contributed by atoms with Crippen LogP contribution in [-0.2, 0) is 22.7 Å².